The molecule has 3 nitrogen and oxygen atoms in total. The number of hydrogen-bond donors (Lipinski definition) is 0. The van der Waals surface area contributed by atoms with E-state index in [1.54, 1.807) is 0 Å². The Hall–Kier alpha value is -0.850. The molecule has 0 aliphatic carbocycles. The van der Waals surface area contributed by atoms with Gasteiger partial charge in [0, 0.05) is 19.5 Å². The van der Waals surface area contributed by atoms with Crippen molar-refractivity contribution in [1.82, 2.24) is 4.90 Å². The largest absolute Gasteiger partial charge is 0.379 e. The summed E-state index contributed by atoms with van der Waals surface area (Å²) in [6.45, 7) is 3.03. The molecule has 12 heavy (non-hydrogen) atoms. The summed E-state index contributed by atoms with van der Waals surface area (Å²) in [7, 11) is 0. The number of ether oxygens (including phenoxy) is 1. The quantitative estimate of drug-likeness (QED) is 0.434. The van der Waals surface area contributed by atoms with Gasteiger partial charge in [0.25, 0.3) is 0 Å². The minimum absolute atomic E-state index is 0.112. The van der Waals surface area contributed by atoms with E-state index in [4.69, 9.17) is 11.2 Å². The molecule has 0 aromatic rings. The lowest BCUT2D eigenvalue weighted by atomic mass is 10.2. The average molecular weight is 167 g/mol. The Morgan fingerprint density at radius 2 is 2.25 bits per heavy atom. The summed E-state index contributed by atoms with van der Waals surface area (Å²) in [4.78, 5) is 12.7. The van der Waals surface area contributed by atoms with Crippen LogP contribution in [0.1, 0.15) is 6.42 Å². The third-order valence-corrected chi connectivity index (χ3v) is 2.00. The van der Waals surface area contributed by atoms with Crippen LogP contribution in [-0.4, -0.2) is 43.5 Å². The molecule has 1 heterocycles. The molecular weight excluding hydrogens is 154 g/mol. The van der Waals surface area contributed by atoms with E-state index in [1.807, 2.05) is 0 Å². The lowest BCUT2D eigenvalue weighted by Crippen LogP contribution is -2.44. The second kappa shape index (κ2) is 4.91. The second-order valence-electron chi connectivity index (χ2n) is 2.76. The number of morpholine rings is 1. The van der Waals surface area contributed by atoms with Gasteiger partial charge in [-0.25, -0.2) is 0 Å². The van der Waals surface area contributed by atoms with Crippen molar-refractivity contribution in [3.63, 3.8) is 0 Å². The zero-order chi connectivity index (χ0) is 8.81. The topological polar surface area (TPSA) is 29.5 Å². The Kier molecular flexibility index (Phi) is 3.78. The number of hydrogen-bond acceptors (Lipinski definition) is 3. The maximum atomic E-state index is 10.6. The molecule has 0 bridgehead atoms. The molecule has 0 aromatic heterocycles. The molecule has 1 aliphatic heterocycles. The van der Waals surface area contributed by atoms with E-state index in [1.165, 1.54) is 0 Å². The van der Waals surface area contributed by atoms with E-state index < -0.39 is 0 Å². The van der Waals surface area contributed by atoms with Crippen LogP contribution in [0.4, 0.5) is 0 Å². The lowest BCUT2D eigenvalue weighted by Gasteiger charge is -2.30. The zero-order valence-corrected chi connectivity index (χ0v) is 7.03. The van der Waals surface area contributed by atoms with Crippen LogP contribution in [0.15, 0.2) is 0 Å². The van der Waals surface area contributed by atoms with Crippen LogP contribution in [0.25, 0.3) is 0 Å². The van der Waals surface area contributed by atoms with E-state index in [2.05, 4.69) is 10.8 Å². The first-order valence-electron chi connectivity index (χ1n) is 4.09. The van der Waals surface area contributed by atoms with Gasteiger partial charge in [0.05, 0.1) is 19.3 Å². The van der Waals surface area contributed by atoms with E-state index >= 15 is 0 Å². The zero-order valence-electron chi connectivity index (χ0n) is 7.03. The Bertz CT molecular complexity index is 179. The van der Waals surface area contributed by atoms with E-state index in [-0.39, 0.29) is 6.04 Å². The molecule has 0 N–H and O–H groups in total. The molecule has 0 aromatic carbocycles. The second-order valence-corrected chi connectivity index (χ2v) is 2.76. The number of rotatable bonds is 3. The SMILES string of the molecule is C#CCC(C=O)N1CCOCC1. The minimum Gasteiger partial charge on any atom is -0.379 e. The maximum absolute atomic E-state index is 10.6. The van der Waals surface area contributed by atoms with Crippen LogP contribution in [0, 0.1) is 12.3 Å². The molecule has 0 saturated carbocycles. The normalized spacial score (nSPS) is 21.2. The number of carbonyl (C=O) groups is 1. The van der Waals surface area contributed by atoms with E-state index in [0.717, 1.165) is 19.4 Å². The highest BCUT2D eigenvalue weighted by Crippen LogP contribution is 2.04. The summed E-state index contributed by atoms with van der Waals surface area (Å²) in [5.74, 6) is 2.50. The average Bonchev–Trinajstić information content (AvgIpc) is 2.15. The van der Waals surface area contributed by atoms with Gasteiger partial charge in [0.2, 0.25) is 0 Å². The molecule has 0 amide bonds. The number of carbonyl (C=O) groups excluding carboxylic acids is 1. The number of aldehydes is 1. The molecule has 1 fully saturated rings. The smallest absolute Gasteiger partial charge is 0.138 e. The van der Waals surface area contributed by atoms with Crippen molar-refractivity contribution in [3.8, 4) is 12.3 Å². The van der Waals surface area contributed by atoms with E-state index in [0.29, 0.717) is 19.6 Å². The van der Waals surface area contributed by atoms with Gasteiger partial charge in [0.15, 0.2) is 0 Å². The molecule has 1 rings (SSSR count). The predicted molar refractivity (Wildman–Crippen MR) is 45.7 cm³/mol. The van der Waals surface area contributed by atoms with Crippen LogP contribution in [0.3, 0.4) is 0 Å². The summed E-state index contributed by atoms with van der Waals surface area (Å²) in [6, 6.07) is -0.112. The van der Waals surface area contributed by atoms with Gasteiger partial charge in [0.1, 0.15) is 6.29 Å². The summed E-state index contributed by atoms with van der Waals surface area (Å²) in [5, 5.41) is 0. The fourth-order valence-electron chi connectivity index (χ4n) is 1.29. The molecule has 0 spiro atoms. The van der Waals surface area contributed by atoms with Crippen molar-refractivity contribution in [2.24, 2.45) is 0 Å². The van der Waals surface area contributed by atoms with Gasteiger partial charge in [-0.3, -0.25) is 4.90 Å². The van der Waals surface area contributed by atoms with Crippen molar-refractivity contribution in [2.45, 2.75) is 12.5 Å². The van der Waals surface area contributed by atoms with Gasteiger partial charge in [-0.2, -0.15) is 0 Å². The number of nitrogens with zero attached hydrogens (tertiary/aromatic N) is 1. The summed E-state index contributed by atoms with van der Waals surface area (Å²) >= 11 is 0. The first kappa shape index (κ1) is 9.24. The molecule has 3 heteroatoms. The maximum Gasteiger partial charge on any atom is 0.138 e. The minimum atomic E-state index is -0.112. The molecule has 1 aliphatic rings. The fourth-order valence-corrected chi connectivity index (χ4v) is 1.29. The summed E-state index contributed by atoms with van der Waals surface area (Å²) < 4.78 is 5.16. The van der Waals surface area contributed by atoms with Gasteiger partial charge >= 0.3 is 0 Å². The van der Waals surface area contributed by atoms with Crippen LogP contribution in [-0.2, 0) is 9.53 Å². The van der Waals surface area contributed by atoms with Crippen molar-refractivity contribution >= 4 is 6.29 Å². The highest BCUT2D eigenvalue weighted by atomic mass is 16.5. The fraction of sp³-hybridized carbons (Fsp3) is 0.667. The van der Waals surface area contributed by atoms with Gasteiger partial charge in [-0.1, -0.05) is 0 Å². The van der Waals surface area contributed by atoms with Crippen molar-refractivity contribution in [3.05, 3.63) is 0 Å². The molecular formula is C9H13NO2. The van der Waals surface area contributed by atoms with Gasteiger partial charge in [-0.05, 0) is 0 Å². The highest BCUT2D eigenvalue weighted by Gasteiger charge is 2.18. The summed E-state index contributed by atoms with van der Waals surface area (Å²) in [6.07, 6.45) is 6.57. The van der Waals surface area contributed by atoms with Crippen LogP contribution in [0.2, 0.25) is 0 Å². The third kappa shape index (κ3) is 2.33. The number of terminal acetylenes is 1. The monoisotopic (exact) mass is 167 g/mol. The van der Waals surface area contributed by atoms with E-state index in [9.17, 15) is 4.79 Å². The Labute approximate surface area is 72.7 Å². The highest BCUT2D eigenvalue weighted by molar-refractivity contribution is 5.58. The Balaban J connectivity index is 2.41. The molecule has 1 unspecified atom stereocenters. The lowest BCUT2D eigenvalue weighted by molar-refractivity contribution is -0.113. The first-order chi connectivity index (χ1) is 5.88. The van der Waals surface area contributed by atoms with Crippen molar-refractivity contribution < 1.29 is 9.53 Å². The molecule has 0 radical (unpaired) electrons. The van der Waals surface area contributed by atoms with Crippen molar-refractivity contribution in [2.75, 3.05) is 26.3 Å². The van der Waals surface area contributed by atoms with Crippen molar-refractivity contribution in [1.29, 1.82) is 0 Å². The Morgan fingerprint density at radius 3 is 2.75 bits per heavy atom. The molecule has 66 valence electrons. The van der Waals surface area contributed by atoms with Crippen LogP contribution in [0.5, 0.6) is 0 Å². The van der Waals surface area contributed by atoms with Gasteiger partial charge in [-0.15, -0.1) is 12.3 Å². The predicted octanol–water partition coefficient (Wildman–Crippen LogP) is -0.0906. The Morgan fingerprint density at radius 1 is 1.58 bits per heavy atom. The molecule has 1 saturated heterocycles. The van der Waals surface area contributed by atoms with Crippen LogP contribution < -0.4 is 0 Å². The summed E-state index contributed by atoms with van der Waals surface area (Å²) in [5.41, 5.74) is 0. The first-order valence-corrected chi connectivity index (χ1v) is 4.09. The van der Waals surface area contributed by atoms with Crippen LogP contribution >= 0.6 is 0 Å². The standard InChI is InChI=1S/C9H13NO2/c1-2-3-9(8-11)10-4-6-12-7-5-10/h1,8-9H,3-7H2. The molecule has 1 atom stereocenters. The third-order valence-electron chi connectivity index (χ3n) is 2.00. The van der Waals surface area contributed by atoms with Gasteiger partial charge < -0.3 is 9.53 Å².